The second kappa shape index (κ2) is 13.4. The van der Waals surface area contributed by atoms with Gasteiger partial charge in [-0.2, -0.15) is 0 Å². The Bertz CT molecular complexity index is 2570. The van der Waals surface area contributed by atoms with Gasteiger partial charge in [0.2, 0.25) is 0 Å². The smallest absolute Gasteiger partial charge is 0.0705 e. The SMILES string of the molecule is [2H]c1c([2H])c([2H])c(-c2cnc(-c3ccc(-c4ccccc4)c(-c4cccc(-c5cc(-c6ccccc6)cc(-c6ccccc6)c5)c4)c3)cc2C)c([2H])c1[2H]. The van der Waals surface area contributed by atoms with Gasteiger partial charge in [-0.05, 0) is 110 Å². The average Bonchev–Trinajstić information content (AvgIpc) is 3.23. The predicted octanol–water partition coefficient (Wildman–Crippen LogP) is 13.1. The van der Waals surface area contributed by atoms with Crippen LogP contribution in [0.5, 0.6) is 0 Å². The molecule has 0 atom stereocenters. The summed E-state index contributed by atoms with van der Waals surface area (Å²) in [6.07, 6.45) is 1.62. The van der Waals surface area contributed by atoms with Gasteiger partial charge < -0.3 is 0 Å². The van der Waals surface area contributed by atoms with Crippen molar-refractivity contribution < 1.29 is 6.85 Å². The zero-order valence-electron chi connectivity index (χ0n) is 32.0. The van der Waals surface area contributed by atoms with Crippen LogP contribution >= 0.6 is 0 Å². The van der Waals surface area contributed by atoms with Crippen molar-refractivity contribution in [1.82, 2.24) is 4.98 Å². The van der Waals surface area contributed by atoms with E-state index in [-0.39, 0.29) is 29.7 Å². The number of hydrogen-bond acceptors (Lipinski definition) is 1. The zero-order valence-corrected chi connectivity index (χ0v) is 27.0. The average molecular weight is 631 g/mol. The minimum atomic E-state index is -0.411. The molecule has 1 nitrogen and oxygen atoms in total. The molecule has 1 heterocycles. The van der Waals surface area contributed by atoms with E-state index in [1.54, 1.807) is 6.20 Å². The lowest BCUT2D eigenvalue weighted by Crippen LogP contribution is -1.92. The monoisotopic (exact) mass is 630 g/mol. The summed E-state index contributed by atoms with van der Waals surface area (Å²) in [5.41, 5.74) is 14.2. The van der Waals surface area contributed by atoms with Crippen LogP contribution in [0.3, 0.4) is 0 Å². The van der Waals surface area contributed by atoms with Gasteiger partial charge >= 0.3 is 0 Å². The van der Waals surface area contributed by atoms with Crippen LogP contribution in [-0.4, -0.2) is 4.98 Å². The van der Waals surface area contributed by atoms with Gasteiger partial charge in [0, 0.05) is 17.3 Å². The largest absolute Gasteiger partial charge is 0.256 e. The van der Waals surface area contributed by atoms with E-state index in [0.29, 0.717) is 5.56 Å². The molecule has 0 aliphatic carbocycles. The Kier molecular flexibility index (Phi) is 6.80. The molecule has 49 heavy (non-hydrogen) atoms. The highest BCUT2D eigenvalue weighted by Gasteiger charge is 2.14. The van der Waals surface area contributed by atoms with Crippen molar-refractivity contribution in [3.8, 4) is 78.0 Å². The Hall–Kier alpha value is -6.31. The number of aromatic nitrogens is 1. The molecule has 1 heteroatoms. The van der Waals surface area contributed by atoms with Crippen molar-refractivity contribution in [2.24, 2.45) is 0 Å². The highest BCUT2D eigenvalue weighted by Crippen LogP contribution is 2.39. The van der Waals surface area contributed by atoms with E-state index in [1.165, 1.54) is 0 Å². The molecule has 0 amide bonds. The Balaban J connectivity index is 1.25. The Morgan fingerprint density at radius 2 is 0.898 bits per heavy atom. The van der Waals surface area contributed by atoms with Crippen LogP contribution in [-0.2, 0) is 0 Å². The number of rotatable bonds is 7. The molecule has 0 fully saturated rings. The minimum Gasteiger partial charge on any atom is -0.256 e. The molecule has 232 valence electrons. The van der Waals surface area contributed by atoms with Gasteiger partial charge in [0.25, 0.3) is 0 Å². The molecule has 0 saturated carbocycles. The van der Waals surface area contributed by atoms with Crippen LogP contribution in [0.15, 0.2) is 194 Å². The summed E-state index contributed by atoms with van der Waals surface area (Å²) in [7, 11) is 0. The topological polar surface area (TPSA) is 12.9 Å². The molecule has 0 unspecified atom stereocenters. The lowest BCUT2D eigenvalue weighted by Gasteiger charge is -2.16. The van der Waals surface area contributed by atoms with Crippen LogP contribution in [0.25, 0.3) is 78.0 Å². The van der Waals surface area contributed by atoms with E-state index in [0.717, 1.165) is 72.5 Å². The van der Waals surface area contributed by atoms with E-state index in [9.17, 15) is 0 Å². The molecule has 0 saturated heterocycles. The first-order valence-corrected chi connectivity index (χ1v) is 16.4. The summed E-state index contributed by atoms with van der Waals surface area (Å²) in [6, 6.07) is 53.5. The van der Waals surface area contributed by atoms with E-state index in [1.807, 2.05) is 43.3 Å². The van der Waals surface area contributed by atoms with Crippen molar-refractivity contribution >= 4 is 0 Å². The van der Waals surface area contributed by atoms with Crippen molar-refractivity contribution in [1.29, 1.82) is 0 Å². The van der Waals surface area contributed by atoms with E-state index >= 15 is 0 Å². The maximum Gasteiger partial charge on any atom is 0.0705 e. The first kappa shape index (κ1) is 24.8. The lowest BCUT2D eigenvalue weighted by molar-refractivity contribution is 1.29. The molecule has 1 aromatic heterocycles. The number of aryl methyl sites for hydroxylation is 1. The maximum absolute atomic E-state index is 8.51. The molecule has 8 rings (SSSR count). The summed E-state index contributed by atoms with van der Waals surface area (Å²) in [6.45, 7) is 1.89. The fourth-order valence-corrected chi connectivity index (χ4v) is 6.43. The van der Waals surface area contributed by atoms with Gasteiger partial charge in [-0.25, -0.2) is 0 Å². The fraction of sp³-hybridized carbons (Fsp3) is 0.0208. The molecular formula is C48H35N. The predicted molar refractivity (Wildman–Crippen MR) is 207 cm³/mol. The molecule has 0 bridgehead atoms. The Morgan fingerprint density at radius 1 is 0.367 bits per heavy atom. The normalized spacial score (nSPS) is 12.4. The van der Waals surface area contributed by atoms with Gasteiger partial charge in [0.1, 0.15) is 0 Å². The van der Waals surface area contributed by atoms with Crippen molar-refractivity contribution in [3.05, 3.63) is 200 Å². The van der Waals surface area contributed by atoms with Gasteiger partial charge in [-0.3, -0.25) is 4.98 Å². The molecule has 7 aromatic carbocycles. The van der Waals surface area contributed by atoms with Crippen molar-refractivity contribution in [2.45, 2.75) is 6.92 Å². The minimum absolute atomic E-state index is 0.154. The second-order valence-corrected chi connectivity index (χ2v) is 12.1. The molecule has 0 aliphatic rings. The summed E-state index contributed by atoms with van der Waals surface area (Å²) in [5, 5.41) is 0. The first-order chi connectivity index (χ1) is 26.3. The van der Waals surface area contributed by atoms with Gasteiger partial charge in [0.15, 0.2) is 0 Å². The number of hydrogen-bond donors (Lipinski definition) is 0. The third-order valence-corrected chi connectivity index (χ3v) is 8.93. The highest BCUT2D eigenvalue weighted by atomic mass is 14.7. The van der Waals surface area contributed by atoms with Crippen LogP contribution in [0.4, 0.5) is 0 Å². The molecular weight excluding hydrogens is 591 g/mol. The van der Waals surface area contributed by atoms with E-state index < -0.39 is 6.04 Å². The zero-order chi connectivity index (χ0) is 37.3. The van der Waals surface area contributed by atoms with Crippen LogP contribution in [0.1, 0.15) is 12.4 Å². The summed E-state index contributed by atoms with van der Waals surface area (Å²) < 4.78 is 41.4. The van der Waals surface area contributed by atoms with Crippen molar-refractivity contribution in [2.75, 3.05) is 0 Å². The van der Waals surface area contributed by atoms with E-state index in [2.05, 4.69) is 121 Å². The maximum atomic E-state index is 8.51. The number of pyridine rings is 1. The Morgan fingerprint density at radius 3 is 1.51 bits per heavy atom. The van der Waals surface area contributed by atoms with Gasteiger partial charge in [0.05, 0.1) is 12.5 Å². The van der Waals surface area contributed by atoms with Crippen LogP contribution in [0, 0.1) is 6.92 Å². The quantitative estimate of drug-likeness (QED) is 0.171. The van der Waals surface area contributed by atoms with Gasteiger partial charge in [-0.1, -0.05) is 152 Å². The number of nitrogens with zero attached hydrogens (tertiary/aromatic N) is 1. The highest BCUT2D eigenvalue weighted by molar-refractivity contribution is 5.89. The molecule has 0 spiro atoms. The third kappa shape index (κ3) is 6.35. The Labute approximate surface area is 295 Å². The molecule has 0 N–H and O–H groups in total. The first-order valence-electron chi connectivity index (χ1n) is 18.9. The summed E-state index contributed by atoms with van der Waals surface area (Å²) >= 11 is 0. The number of benzene rings is 7. The molecule has 0 radical (unpaired) electrons. The van der Waals surface area contributed by atoms with E-state index in [4.69, 9.17) is 11.8 Å². The lowest BCUT2D eigenvalue weighted by atomic mass is 9.89. The molecule has 0 aliphatic heterocycles. The third-order valence-electron chi connectivity index (χ3n) is 8.93. The summed E-state index contributed by atoms with van der Waals surface area (Å²) in [5.74, 6) is 0. The summed E-state index contributed by atoms with van der Waals surface area (Å²) in [4.78, 5) is 4.79. The van der Waals surface area contributed by atoms with Crippen LogP contribution in [0.2, 0.25) is 0 Å². The standard InChI is InChI=1S/C48H35N/c1-34-27-48(49-33-47(34)38-21-12-5-13-22-38)41-25-26-45(37-19-10-4-11-20-37)46(32-41)40-24-14-23-39(28-40)44-30-42(35-15-6-2-7-16-35)29-43(31-44)36-17-8-3-9-18-36/h2-33H,1H3/i5D,12D,13D,21D,22D. The van der Waals surface area contributed by atoms with Crippen LogP contribution < -0.4 is 0 Å². The van der Waals surface area contributed by atoms with Crippen molar-refractivity contribution in [3.63, 3.8) is 0 Å². The fourth-order valence-electron chi connectivity index (χ4n) is 6.43. The van der Waals surface area contributed by atoms with Gasteiger partial charge in [-0.15, -0.1) is 0 Å². The second-order valence-electron chi connectivity index (χ2n) is 12.1. The molecule has 8 aromatic rings.